The molecule has 22 nitrogen and oxygen atoms in total. The maximum absolute atomic E-state index is 14.3. The molecule has 534 valence electrons. The molecule has 0 unspecified atom stereocenters. The molecule has 23 heteroatoms. The Morgan fingerprint density at radius 1 is 0.667 bits per heavy atom. The fraction of sp³-hybridized carbons (Fsp3) is 0.474. The number of unbranched alkanes of at least 4 members (excludes halogenated alkanes) is 3. The Bertz CT molecular complexity index is 3770. The average Bonchev–Trinajstić information content (AvgIpc) is 1.61. The van der Waals surface area contributed by atoms with Crippen molar-refractivity contribution >= 4 is 68.7 Å². The average molecular weight is 1380 g/mol. The topological polar surface area (TPSA) is 305 Å². The summed E-state index contributed by atoms with van der Waals surface area (Å²) in [5.41, 5.74) is 9.61. The van der Waals surface area contributed by atoms with Crippen LogP contribution in [0.25, 0.3) is 0 Å². The number of rotatable bonds is 40. The standard InChI is InChI=1S/C76H100N8O14S/c1-8-9-17-45-83-64-30-15-13-28-59(64)75(2,3)66(83)41-35-55-25-20-26-56(36-42-67-76(4,5)60-29-14-16-31-65(60)84(67)46-18-19-49-99(95,96)97)70(55)98-58-38-33-54(34-39-58)51-63(73(92)93)79-71(89)62(50-53-23-11-10-12-24-53)78-68(86)52-82(7)48-47-81(6)44-22-27-57(85)37-40-61(72(90)91)80-74(94)77-43-21-32-69(87)88/h10-16,23-24,28-31,33-36,38-39,41-42,61-63H,8-9,17-22,25-27,32,37,40,43-52H2,1-7H3,(H7-,77,78,79,80,86,87,88,89,90,91,92,93,94,95,96,97)/p+1/t61-,62-,63-/m0/s1. The second-order valence-electron chi connectivity index (χ2n) is 27.1. The van der Waals surface area contributed by atoms with Gasteiger partial charge in [-0.1, -0.05) is 112 Å². The minimum absolute atomic E-state index is 0.0495. The number of anilines is 1. The van der Waals surface area contributed by atoms with Crippen molar-refractivity contribution in [3.63, 3.8) is 0 Å². The third-order valence-electron chi connectivity index (χ3n) is 18.6. The van der Waals surface area contributed by atoms with E-state index in [9.17, 15) is 56.7 Å². The van der Waals surface area contributed by atoms with Gasteiger partial charge in [0.25, 0.3) is 10.1 Å². The number of ketones is 1. The van der Waals surface area contributed by atoms with Crippen molar-refractivity contribution in [1.82, 2.24) is 31.1 Å². The van der Waals surface area contributed by atoms with Crippen molar-refractivity contribution in [3.8, 4) is 5.75 Å². The van der Waals surface area contributed by atoms with Gasteiger partial charge in [-0.2, -0.15) is 13.0 Å². The molecular formula is C76H101N8O14S+. The van der Waals surface area contributed by atoms with Crippen LogP contribution in [-0.4, -0.2) is 174 Å². The molecule has 1 aliphatic carbocycles. The minimum Gasteiger partial charge on any atom is -0.481 e. The Balaban J connectivity index is 1.03. The van der Waals surface area contributed by atoms with Crippen LogP contribution in [0.1, 0.15) is 147 Å². The van der Waals surface area contributed by atoms with Gasteiger partial charge < -0.3 is 51.1 Å². The van der Waals surface area contributed by atoms with Crippen LogP contribution in [0.15, 0.2) is 150 Å². The second-order valence-corrected chi connectivity index (χ2v) is 28.7. The summed E-state index contributed by atoms with van der Waals surface area (Å²) in [6.45, 7) is 14.0. The number of benzene rings is 4. The first-order valence-corrected chi connectivity index (χ1v) is 36.2. The number of hydrogen-bond acceptors (Lipinski definition) is 13. The summed E-state index contributed by atoms with van der Waals surface area (Å²) in [6, 6.07) is 28.6. The fourth-order valence-electron chi connectivity index (χ4n) is 13.0. The van der Waals surface area contributed by atoms with E-state index in [1.165, 1.54) is 17.0 Å². The molecule has 7 rings (SSSR count). The smallest absolute Gasteiger partial charge is 0.326 e. The van der Waals surface area contributed by atoms with Crippen molar-refractivity contribution in [2.24, 2.45) is 0 Å². The molecule has 4 amide bonds. The number of ether oxygens (including phenoxy) is 1. The zero-order valence-corrected chi connectivity index (χ0v) is 59.2. The molecule has 8 N–H and O–H groups in total. The third kappa shape index (κ3) is 23.2. The first kappa shape index (κ1) is 77.6. The van der Waals surface area contributed by atoms with E-state index in [1.807, 2.05) is 54.4 Å². The molecule has 2 heterocycles. The molecule has 0 fully saturated rings. The first-order chi connectivity index (χ1) is 47.1. The van der Waals surface area contributed by atoms with Crippen LogP contribution in [-0.2, 0) is 62.6 Å². The van der Waals surface area contributed by atoms with E-state index in [-0.39, 0.29) is 75.0 Å². The van der Waals surface area contributed by atoms with Gasteiger partial charge in [-0.3, -0.25) is 28.6 Å². The summed E-state index contributed by atoms with van der Waals surface area (Å²) in [6.07, 6.45) is 15.7. The quantitative estimate of drug-likeness (QED) is 0.0117. The molecule has 0 spiro atoms. The number of carboxylic acids is 3. The highest BCUT2D eigenvalue weighted by atomic mass is 32.2. The Morgan fingerprint density at radius 3 is 2.03 bits per heavy atom. The zero-order chi connectivity index (χ0) is 71.9. The predicted molar refractivity (Wildman–Crippen MR) is 383 cm³/mol. The normalized spacial score (nSPS) is 16.6. The number of fused-ring (bicyclic) bond motifs is 2. The summed E-state index contributed by atoms with van der Waals surface area (Å²) >= 11 is 0. The molecule has 0 saturated carbocycles. The number of para-hydroxylation sites is 2. The summed E-state index contributed by atoms with van der Waals surface area (Å²) in [4.78, 5) is 94.3. The highest BCUT2D eigenvalue weighted by Crippen LogP contribution is 2.48. The molecule has 99 heavy (non-hydrogen) atoms. The first-order valence-electron chi connectivity index (χ1n) is 34.6. The van der Waals surface area contributed by atoms with Crippen LogP contribution in [0.4, 0.5) is 16.2 Å². The number of carbonyl (C=O) groups excluding carboxylic acids is 4. The lowest BCUT2D eigenvalue weighted by Gasteiger charge is -2.27. The van der Waals surface area contributed by atoms with Crippen molar-refractivity contribution in [2.45, 2.75) is 166 Å². The molecule has 0 saturated heterocycles. The van der Waals surface area contributed by atoms with Crippen molar-refractivity contribution in [2.75, 3.05) is 70.6 Å². The number of amides is 4. The van der Waals surface area contributed by atoms with E-state index in [2.05, 4.69) is 126 Å². The Kier molecular flexibility index (Phi) is 28.9. The second kappa shape index (κ2) is 36.9. The number of allylic oxidation sites excluding steroid dienone is 7. The van der Waals surface area contributed by atoms with Crippen LogP contribution < -0.4 is 30.9 Å². The molecule has 3 atom stereocenters. The molecule has 0 aromatic heterocycles. The fourth-order valence-corrected chi connectivity index (χ4v) is 13.6. The van der Waals surface area contributed by atoms with Gasteiger partial charge in [-0.25, -0.2) is 14.4 Å². The Morgan fingerprint density at radius 2 is 1.33 bits per heavy atom. The summed E-state index contributed by atoms with van der Waals surface area (Å²) < 4.78 is 42.4. The number of hydrogen-bond donors (Lipinski definition) is 8. The molecule has 0 radical (unpaired) electrons. The number of carboxylic acid groups (broad SMARTS) is 3. The monoisotopic (exact) mass is 1380 g/mol. The highest BCUT2D eigenvalue weighted by molar-refractivity contribution is 7.85. The Hall–Kier alpha value is -8.77. The highest BCUT2D eigenvalue weighted by Gasteiger charge is 2.44. The SMILES string of the molecule is CCCCC[N+]1=C(/C=C/C2=C(Oc3ccc(C[C@H](NC(=O)[C@H](Cc4ccccc4)NC(=O)CN(C)CCN(C)CCCC(=O)CC[C@H](NC(=O)NCCCC(=O)O)C(=O)O)C(=O)O)cc3)C(=C/C=C3/N(CCCCS(=O)(=O)O)c4ccccc4C3(C)C)/CCC2)C(C)(C)c2ccccc21. The van der Waals surface area contributed by atoms with Crippen LogP contribution in [0.5, 0.6) is 5.75 Å². The van der Waals surface area contributed by atoms with Crippen LogP contribution in [0.2, 0.25) is 0 Å². The van der Waals surface area contributed by atoms with Gasteiger partial charge >= 0.3 is 23.9 Å². The summed E-state index contributed by atoms with van der Waals surface area (Å²) in [5, 5.41) is 39.3. The Labute approximate surface area is 583 Å². The number of Topliss-reactive ketones (excluding diaryl/α,β-unsaturated/α-hetero) is 1. The predicted octanol–water partition coefficient (Wildman–Crippen LogP) is 10.1. The summed E-state index contributed by atoms with van der Waals surface area (Å²) in [5.74, 6) is -3.94. The van der Waals surface area contributed by atoms with Crippen molar-refractivity contribution in [1.29, 1.82) is 0 Å². The van der Waals surface area contributed by atoms with Gasteiger partial charge in [0.05, 0.1) is 17.7 Å². The van der Waals surface area contributed by atoms with Crippen molar-refractivity contribution < 1.29 is 71.2 Å². The largest absolute Gasteiger partial charge is 0.481 e. The lowest BCUT2D eigenvalue weighted by atomic mass is 9.81. The van der Waals surface area contributed by atoms with E-state index >= 15 is 0 Å². The van der Waals surface area contributed by atoms with E-state index in [1.54, 1.807) is 36.2 Å². The molecule has 4 aromatic carbocycles. The molecule has 0 bridgehead atoms. The van der Waals surface area contributed by atoms with Crippen LogP contribution in [0, 0.1) is 0 Å². The van der Waals surface area contributed by atoms with Crippen LogP contribution in [0.3, 0.4) is 0 Å². The molecular weight excluding hydrogens is 1280 g/mol. The van der Waals surface area contributed by atoms with Gasteiger partial charge in [0, 0.05) is 99.2 Å². The maximum Gasteiger partial charge on any atom is 0.326 e. The molecule has 2 aliphatic heterocycles. The molecule has 4 aromatic rings. The lowest BCUT2D eigenvalue weighted by Crippen LogP contribution is -2.54. The number of aliphatic carboxylic acids is 3. The maximum atomic E-state index is 14.3. The van der Waals surface area contributed by atoms with Gasteiger partial charge in [0.1, 0.15) is 42.0 Å². The van der Waals surface area contributed by atoms with Crippen LogP contribution >= 0.6 is 0 Å². The third-order valence-corrected chi connectivity index (χ3v) is 19.4. The van der Waals surface area contributed by atoms with Gasteiger partial charge in [-0.05, 0) is 150 Å². The van der Waals surface area contributed by atoms with E-state index < -0.39 is 69.4 Å². The van der Waals surface area contributed by atoms with Gasteiger partial charge in [0.15, 0.2) is 5.71 Å². The van der Waals surface area contributed by atoms with E-state index in [4.69, 9.17) is 9.84 Å². The van der Waals surface area contributed by atoms with Gasteiger partial charge in [-0.15, -0.1) is 0 Å². The molecule has 3 aliphatic rings. The number of nitrogens with one attached hydrogen (secondary N) is 4. The lowest BCUT2D eigenvalue weighted by molar-refractivity contribution is -0.438. The van der Waals surface area contributed by atoms with Gasteiger partial charge in [0.2, 0.25) is 17.5 Å². The van der Waals surface area contributed by atoms with E-state index in [0.717, 1.165) is 78.7 Å². The number of likely N-dealkylation sites (N-methyl/N-ethyl adjacent to an activating group) is 2. The zero-order valence-electron chi connectivity index (χ0n) is 58.4. The van der Waals surface area contributed by atoms with E-state index in [0.29, 0.717) is 62.5 Å². The minimum atomic E-state index is -4.11. The summed E-state index contributed by atoms with van der Waals surface area (Å²) in [7, 11) is -0.486. The van der Waals surface area contributed by atoms with Crippen molar-refractivity contribution in [3.05, 3.63) is 172 Å². The number of nitrogens with zero attached hydrogens (tertiary/aromatic N) is 4. The number of urea groups is 1. The number of carbonyl (C=O) groups is 7.